The number of aryl methyl sites for hydroxylation is 1. The molecule has 2 N–H and O–H groups in total. The summed E-state index contributed by atoms with van der Waals surface area (Å²) in [6, 6.07) is 5.69. The molecule has 0 bridgehead atoms. The van der Waals surface area contributed by atoms with Crippen molar-refractivity contribution >= 4 is 41.3 Å². The molecule has 1 fully saturated rings. The molecule has 7 heteroatoms. The minimum atomic E-state index is 0. The standard InChI is InChI=1S/C18H32N4OS.HI/c1-13(10-17-7-6-16(4)24-17)21-18(19-5)20-11-14(2)22-8-9-23-12-15(22)3;/h6-7,13-15H,8-12H2,1-5H3,(H2,19,20,21);1H. The van der Waals surface area contributed by atoms with Gasteiger partial charge in [-0.15, -0.1) is 35.3 Å². The second-order valence-corrected chi connectivity index (χ2v) is 8.10. The van der Waals surface area contributed by atoms with Gasteiger partial charge in [0.2, 0.25) is 0 Å². The quantitative estimate of drug-likeness (QED) is 0.374. The number of hydrogen-bond donors (Lipinski definition) is 2. The van der Waals surface area contributed by atoms with Crippen LogP contribution >= 0.6 is 35.3 Å². The third-order valence-corrected chi connectivity index (χ3v) is 5.48. The van der Waals surface area contributed by atoms with Crippen molar-refractivity contribution in [2.24, 2.45) is 4.99 Å². The average molecular weight is 480 g/mol. The van der Waals surface area contributed by atoms with Gasteiger partial charge in [-0.25, -0.2) is 0 Å². The summed E-state index contributed by atoms with van der Waals surface area (Å²) in [4.78, 5) is 9.65. The Kier molecular flexibility index (Phi) is 10.3. The molecule has 25 heavy (non-hydrogen) atoms. The molecule has 0 radical (unpaired) electrons. The number of rotatable bonds is 6. The maximum atomic E-state index is 5.52. The first-order valence-electron chi connectivity index (χ1n) is 8.85. The van der Waals surface area contributed by atoms with Crippen molar-refractivity contribution in [3.63, 3.8) is 0 Å². The molecule has 1 aliphatic rings. The molecule has 2 rings (SSSR count). The lowest BCUT2D eigenvalue weighted by Crippen LogP contribution is -2.53. The lowest BCUT2D eigenvalue weighted by Gasteiger charge is -2.38. The van der Waals surface area contributed by atoms with Crippen molar-refractivity contribution in [2.45, 2.75) is 52.2 Å². The van der Waals surface area contributed by atoms with E-state index in [-0.39, 0.29) is 24.0 Å². The Hall–Kier alpha value is -0.380. The van der Waals surface area contributed by atoms with Gasteiger partial charge in [0, 0.05) is 54.4 Å². The number of nitrogens with zero attached hydrogens (tertiary/aromatic N) is 2. The van der Waals surface area contributed by atoms with E-state index in [0.717, 1.165) is 38.7 Å². The summed E-state index contributed by atoms with van der Waals surface area (Å²) >= 11 is 1.87. The van der Waals surface area contributed by atoms with E-state index < -0.39 is 0 Å². The van der Waals surface area contributed by atoms with Gasteiger partial charge in [-0.1, -0.05) is 0 Å². The molecule has 0 spiro atoms. The maximum absolute atomic E-state index is 5.52. The van der Waals surface area contributed by atoms with E-state index in [0.29, 0.717) is 18.1 Å². The van der Waals surface area contributed by atoms with Gasteiger partial charge in [0.25, 0.3) is 0 Å². The third kappa shape index (κ3) is 7.40. The van der Waals surface area contributed by atoms with Crippen molar-refractivity contribution in [1.82, 2.24) is 15.5 Å². The van der Waals surface area contributed by atoms with Crippen molar-refractivity contribution in [3.8, 4) is 0 Å². The molecular formula is C18H33IN4OS. The summed E-state index contributed by atoms with van der Waals surface area (Å²) in [5, 5.41) is 6.96. The molecule has 1 aromatic rings. The number of halogens is 1. The molecule has 3 atom stereocenters. The number of aliphatic imine (C=N–C) groups is 1. The summed E-state index contributed by atoms with van der Waals surface area (Å²) in [6.45, 7) is 12.4. The van der Waals surface area contributed by atoms with E-state index in [9.17, 15) is 0 Å². The van der Waals surface area contributed by atoms with Crippen LogP contribution in [0.1, 0.15) is 30.5 Å². The number of thiophene rings is 1. The van der Waals surface area contributed by atoms with Gasteiger partial charge in [-0.3, -0.25) is 9.89 Å². The predicted molar refractivity (Wildman–Crippen MR) is 119 cm³/mol. The van der Waals surface area contributed by atoms with Gasteiger partial charge in [0.1, 0.15) is 0 Å². The van der Waals surface area contributed by atoms with Crippen LogP contribution in [0, 0.1) is 6.92 Å². The van der Waals surface area contributed by atoms with Crippen LogP contribution in [-0.2, 0) is 11.2 Å². The minimum Gasteiger partial charge on any atom is -0.379 e. The zero-order valence-corrected chi connectivity index (χ0v) is 19.2. The zero-order chi connectivity index (χ0) is 17.5. The Labute approximate surface area is 173 Å². The van der Waals surface area contributed by atoms with Crippen molar-refractivity contribution in [1.29, 1.82) is 0 Å². The minimum absolute atomic E-state index is 0. The second kappa shape index (κ2) is 11.4. The van der Waals surface area contributed by atoms with Crippen LogP contribution in [0.15, 0.2) is 17.1 Å². The lowest BCUT2D eigenvalue weighted by atomic mass is 10.2. The summed E-state index contributed by atoms with van der Waals surface area (Å²) in [6.07, 6.45) is 1.02. The topological polar surface area (TPSA) is 48.9 Å². The highest BCUT2D eigenvalue weighted by Gasteiger charge is 2.23. The summed E-state index contributed by atoms with van der Waals surface area (Å²) in [5.41, 5.74) is 0. The van der Waals surface area contributed by atoms with E-state index in [1.807, 2.05) is 18.4 Å². The van der Waals surface area contributed by atoms with E-state index in [1.54, 1.807) is 0 Å². The van der Waals surface area contributed by atoms with Crippen LogP contribution in [0.5, 0.6) is 0 Å². The highest BCUT2D eigenvalue weighted by Crippen LogP contribution is 2.16. The molecule has 0 saturated carbocycles. The molecule has 144 valence electrons. The Bertz CT molecular complexity index is 537. The highest BCUT2D eigenvalue weighted by atomic mass is 127. The Morgan fingerprint density at radius 1 is 1.44 bits per heavy atom. The zero-order valence-electron chi connectivity index (χ0n) is 16.0. The van der Waals surface area contributed by atoms with Crippen LogP contribution in [0.2, 0.25) is 0 Å². The van der Waals surface area contributed by atoms with Crippen LogP contribution < -0.4 is 10.6 Å². The van der Waals surface area contributed by atoms with Crippen molar-refractivity contribution in [3.05, 3.63) is 21.9 Å². The summed E-state index contributed by atoms with van der Waals surface area (Å²) in [7, 11) is 1.83. The first-order chi connectivity index (χ1) is 11.5. The number of ether oxygens (including phenoxy) is 1. The molecule has 1 aliphatic heterocycles. The molecule has 1 saturated heterocycles. The van der Waals surface area contributed by atoms with Gasteiger partial charge in [0.05, 0.1) is 13.2 Å². The van der Waals surface area contributed by atoms with E-state index in [2.05, 4.69) is 60.4 Å². The van der Waals surface area contributed by atoms with Crippen LogP contribution in [0.3, 0.4) is 0 Å². The summed E-state index contributed by atoms with van der Waals surface area (Å²) in [5.74, 6) is 0.878. The molecule has 3 unspecified atom stereocenters. The monoisotopic (exact) mass is 480 g/mol. The van der Waals surface area contributed by atoms with Crippen molar-refractivity contribution in [2.75, 3.05) is 33.4 Å². The largest absolute Gasteiger partial charge is 0.379 e. The van der Waals surface area contributed by atoms with Crippen LogP contribution in [0.25, 0.3) is 0 Å². The van der Waals surface area contributed by atoms with Crippen LogP contribution in [0.4, 0.5) is 0 Å². The second-order valence-electron chi connectivity index (χ2n) is 6.73. The number of guanidine groups is 1. The number of morpholine rings is 1. The van der Waals surface area contributed by atoms with E-state index in [1.165, 1.54) is 9.75 Å². The predicted octanol–water partition coefficient (Wildman–Crippen LogP) is 2.88. The van der Waals surface area contributed by atoms with Gasteiger partial charge in [-0.05, 0) is 39.8 Å². The fourth-order valence-electron chi connectivity index (χ4n) is 3.13. The smallest absolute Gasteiger partial charge is 0.191 e. The Morgan fingerprint density at radius 3 is 2.80 bits per heavy atom. The molecule has 0 amide bonds. The Morgan fingerprint density at radius 2 is 2.20 bits per heavy atom. The van der Waals surface area contributed by atoms with E-state index in [4.69, 9.17) is 4.74 Å². The van der Waals surface area contributed by atoms with Gasteiger partial charge >= 0.3 is 0 Å². The SMILES string of the molecule is CN=C(NCC(C)N1CCOCC1C)NC(C)Cc1ccc(C)s1.I. The van der Waals surface area contributed by atoms with Crippen LogP contribution in [-0.4, -0.2) is 62.3 Å². The number of nitrogens with one attached hydrogen (secondary N) is 2. The fraction of sp³-hybridized carbons (Fsp3) is 0.722. The average Bonchev–Trinajstić information content (AvgIpc) is 2.96. The molecule has 1 aromatic heterocycles. The maximum Gasteiger partial charge on any atom is 0.191 e. The molecule has 2 heterocycles. The van der Waals surface area contributed by atoms with Gasteiger partial charge in [-0.2, -0.15) is 0 Å². The van der Waals surface area contributed by atoms with E-state index >= 15 is 0 Å². The molecule has 0 aliphatic carbocycles. The molecular weight excluding hydrogens is 447 g/mol. The summed E-state index contributed by atoms with van der Waals surface area (Å²) < 4.78 is 5.52. The first kappa shape index (κ1) is 22.7. The fourth-order valence-corrected chi connectivity index (χ4v) is 4.15. The van der Waals surface area contributed by atoms with Crippen molar-refractivity contribution < 1.29 is 4.74 Å². The van der Waals surface area contributed by atoms with Gasteiger partial charge in [0.15, 0.2) is 5.96 Å². The number of hydrogen-bond acceptors (Lipinski definition) is 4. The molecule has 0 aromatic carbocycles. The first-order valence-corrected chi connectivity index (χ1v) is 9.67. The lowest BCUT2D eigenvalue weighted by molar-refractivity contribution is -0.0174. The normalized spacial score (nSPS) is 21.3. The Balaban J connectivity index is 0.00000312. The van der Waals surface area contributed by atoms with Gasteiger partial charge < -0.3 is 15.4 Å². The highest BCUT2D eigenvalue weighted by molar-refractivity contribution is 14.0. The molecule has 5 nitrogen and oxygen atoms in total. The third-order valence-electron chi connectivity index (χ3n) is 4.46.